The van der Waals surface area contributed by atoms with Gasteiger partial charge in [0, 0.05) is 0 Å². The fraction of sp³-hybridized carbons (Fsp3) is 0.684. The van der Waals surface area contributed by atoms with E-state index in [4.69, 9.17) is 0 Å². The quantitative estimate of drug-likeness (QED) is 0.446. The smallest absolute Gasteiger partial charge is 0.0273 e. The molecule has 19 heavy (non-hydrogen) atoms. The van der Waals surface area contributed by atoms with Crippen molar-refractivity contribution in [2.24, 2.45) is 0 Å². The molecule has 0 heterocycles. The van der Waals surface area contributed by atoms with Crippen LogP contribution in [0.4, 0.5) is 0 Å². The maximum absolute atomic E-state index is 2.37. The monoisotopic (exact) mass is 260 g/mol. The van der Waals surface area contributed by atoms with Crippen LogP contribution in [-0.2, 0) is 19.3 Å². The second-order valence-electron chi connectivity index (χ2n) is 5.68. The Kier molecular flexibility index (Phi) is 8.62. The number of hydrogen-bond acceptors (Lipinski definition) is 0. The summed E-state index contributed by atoms with van der Waals surface area (Å²) in [7, 11) is 0. The second-order valence-corrected chi connectivity index (χ2v) is 5.68. The summed E-state index contributed by atoms with van der Waals surface area (Å²) >= 11 is 0. The highest BCUT2D eigenvalue weighted by atomic mass is 14.1. The predicted octanol–water partition coefficient (Wildman–Crippen LogP) is 6.10. The van der Waals surface area contributed by atoms with E-state index >= 15 is 0 Å². The number of rotatable bonds is 10. The van der Waals surface area contributed by atoms with Gasteiger partial charge in [-0.1, -0.05) is 71.1 Å². The van der Waals surface area contributed by atoms with E-state index in [2.05, 4.69) is 39.0 Å². The van der Waals surface area contributed by atoms with E-state index in [-0.39, 0.29) is 0 Å². The van der Waals surface area contributed by atoms with Crippen molar-refractivity contribution in [2.45, 2.75) is 85.0 Å². The lowest BCUT2D eigenvalue weighted by Gasteiger charge is -2.14. The molecule has 0 bridgehead atoms. The van der Waals surface area contributed by atoms with Crippen molar-refractivity contribution in [1.82, 2.24) is 0 Å². The Morgan fingerprint density at radius 3 is 2.00 bits per heavy atom. The molecule has 0 saturated carbocycles. The van der Waals surface area contributed by atoms with Gasteiger partial charge in [-0.05, 0) is 48.8 Å². The largest absolute Gasteiger partial charge is 0.0654 e. The molecule has 0 aliphatic heterocycles. The SMILES string of the molecule is CCCCCCc1cccc(CC)c1CCCCC. The molecule has 0 heteroatoms. The third kappa shape index (κ3) is 5.80. The molecule has 0 atom stereocenters. The minimum absolute atomic E-state index is 1.18. The highest BCUT2D eigenvalue weighted by Gasteiger charge is 2.06. The summed E-state index contributed by atoms with van der Waals surface area (Å²) < 4.78 is 0. The molecule has 1 aromatic rings. The van der Waals surface area contributed by atoms with Gasteiger partial charge in [-0.3, -0.25) is 0 Å². The van der Waals surface area contributed by atoms with Gasteiger partial charge in [0.2, 0.25) is 0 Å². The zero-order chi connectivity index (χ0) is 13.9. The maximum Gasteiger partial charge on any atom is -0.0273 e. The first kappa shape index (κ1) is 16.3. The molecule has 0 nitrogen and oxygen atoms in total. The van der Waals surface area contributed by atoms with Gasteiger partial charge in [0.1, 0.15) is 0 Å². The molecule has 108 valence electrons. The predicted molar refractivity (Wildman–Crippen MR) is 86.9 cm³/mol. The van der Waals surface area contributed by atoms with Crippen LogP contribution >= 0.6 is 0 Å². The van der Waals surface area contributed by atoms with Crippen molar-refractivity contribution in [3.05, 3.63) is 34.9 Å². The molecular weight excluding hydrogens is 228 g/mol. The summed E-state index contributed by atoms with van der Waals surface area (Å²) in [6.45, 7) is 6.87. The van der Waals surface area contributed by atoms with Crippen LogP contribution in [0.2, 0.25) is 0 Å². The Balaban J connectivity index is 2.65. The summed E-state index contributed by atoms with van der Waals surface area (Å²) in [5.74, 6) is 0. The topological polar surface area (TPSA) is 0 Å². The first-order valence-electron chi connectivity index (χ1n) is 8.43. The average molecular weight is 260 g/mol. The fourth-order valence-corrected chi connectivity index (χ4v) is 2.87. The van der Waals surface area contributed by atoms with Crippen LogP contribution in [0.25, 0.3) is 0 Å². The molecule has 0 N–H and O–H groups in total. The molecule has 1 aromatic carbocycles. The van der Waals surface area contributed by atoms with Crippen molar-refractivity contribution in [3.63, 3.8) is 0 Å². The van der Waals surface area contributed by atoms with Crippen LogP contribution < -0.4 is 0 Å². The Labute approximate surface area is 120 Å². The standard InChI is InChI=1S/C19H32/c1-4-7-9-11-13-18-15-12-14-17(6-3)19(18)16-10-8-5-2/h12,14-15H,4-11,13,16H2,1-3H3. The van der Waals surface area contributed by atoms with E-state index in [0.29, 0.717) is 0 Å². The minimum atomic E-state index is 1.18. The van der Waals surface area contributed by atoms with Crippen LogP contribution in [0.1, 0.15) is 82.4 Å². The summed E-state index contributed by atoms with van der Waals surface area (Å²) in [5, 5.41) is 0. The molecule has 0 aliphatic rings. The summed E-state index contributed by atoms with van der Waals surface area (Å²) in [6.07, 6.45) is 13.3. The summed E-state index contributed by atoms with van der Waals surface area (Å²) in [4.78, 5) is 0. The van der Waals surface area contributed by atoms with E-state index < -0.39 is 0 Å². The number of unbranched alkanes of at least 4 members (excludes halogenated alkanes) is 5. The van der Waals surface area contributed by atoms with Gasteiger partial charge in [-0.15, -0.1) is 0 Å². The molecule has 0 radical (unpaired) electrons. The Morgan fingerprint density at radius 1 is 0.684 bits per heavy atom. The zero-order valence-electron chi connectivity index (χ0n) is 13.3. The Hall–Kier alpha value is -0.780. The van der Waals surface area contributed by atoms with E-state index in [0.717, 1.165) is 0 Å². The van der Waals surface area contributed by atoms with E-state index in [1.165, 1.54) is 64.2 Å². The molecule has 0 aromatic heterocycles. The van der Waals surface area contributed by atoms with Gasteiger partial charge < -0.3 is 0 Å². The van der Waals surface area contributed by atoms with Gasteiger partial charge in [0.25, 0.3) is 0 Å². The van der Waals surface area contributed by atoms with Crippen LogP contribution in [0.3, 0.4) is 0 Å². The zero-order valence-corrected chi connectivity index (χ0v) is 13.3. The summed E-state index contributed by atoms with van der Waals surface area (Å²) in [5.41, 5.74) is 4.89. The lowest BCUT2D eigenvalue weighted by molar-refractivity contribution is 0.658. The van der Waals surface area contributed by atoms with Crippen molar-refractivity contribution in [2.75, 3.05) is 0 Å². The molecule has 0 unspecified atom stereocenters. The lowest BCUT2D eigenvalue weighted by Crippen LogP contribution is -2.00. The van der Waals surface area contributed by atoms with Crippen molar-refractivity contribution < 1.29 is 0 Å². The number of hydrogen-bond donors (Lipinski definition) is 0. The second kappa shape index (κ2) is 10.1. The third-order valence-electron chi connectivity index (χ3n) is 4.08. The fourth-order valence-electron chi connectivity index (χ4n) is 2.87. The molecule has 0 amide bonds. The van der Waals surface area contributed by atoms with Crippen LogP contribution in [-0.4, -0.2) is 0 Å². The van der Waals surface area contributed by atoms with E-state index in [1.807, 2.05) is 0 Å². The van der Waals surface area contributed by atoms with E-state index in [1.54, 1.807) is 16.7 Å². The molecule has 0 fully saturated rings. The van der Waals surface area contributed by atoms with Gasteiger partial charge in [0.15, 0.2) is 0 Å². The first-order valence-corrected chi connectivity index (χ1v) is 8.43. The molecule has 1 rings (SSSR count). The molecule has 0 spiro atoms. The number of aryl methyl sites for hydroxylation is 2. The Morgan fingerprint density at radius 2 is 1.32 bits per heavy atom. The first-order chi connectivity index (χ1) is 9.33. The highest BCUT2D eigenvalue weighted by Crippen LogP contribution is 2.21. The normalized spacial score (nSPS) is 10.9. The average Bonchev–Trinajstić information content (AvgIpc) is 2.44. The lowest BCUT2D eigenvalue weighted by atomic mass is 9.92. The maximum atomic E-state index is 2.37. The molecule has 0 aliphatic carbocycles. The van der Waals surface area contributed by atoms with Crippen molar-refractivity contribution in [3.8, 4) is 0 Å². The number of benzene rings is 1. The highest BCUT2D eigenvalue weighted by molar-refractivity contribution is 5.35. The Bertz CT molecular complexity index is 338. The molecular formula is C19H32. The van der Waals surface area contributed by atoms with Crippen LogP contribution in [0, 0.1) is 0 Å². The van der Waals surface area contributed by atoms with Crippen molar-refractivity contribution >= 4 is 0 Å². The van der Waals surface area contributed by atoms with Gasteiger partial charge in [-0.2, -0.15) is 0 Å². The summed E-state index contributed by atoms with van der Waals surface area (Å²) in [6, 6.07) is 6.96. The van der Waals surface area contributed by atoms with Gasteiger partial charge in [0.05, 0.1) is 0 Å². The minimum Gasteiger partial charge on any atom is -0.0654 e. The van der Waals surface area contributed by atoms with Gasteiger partial charge in [-0.25, -0.2) is 0 Å². The van der Waals surface area contributed by atoms with Crippen molar-refractivity contribution in [1.29, 1.82) is 0 Å². The van der Waals surface area contributed by atoms with Crippen LogP contribution in [0.5, 0.6) is 0 Å². The molecule has 0 saturated heterocycles. The van der Waals surface area contributed by atoms with Gasteiger partial charge >= 0.3 is 0 Å². The van der Waals surface area contributed by atoms with E-state index in [9.17, 15) is 0 Å². The third-order valence-corrected chi connectivity index (χ3v) is 4.08. The van der Waals surface area contributed by atoms with Crippen LogP contribution in [0.15, 0.2) is 18.2 Å².